The molecule has 20 heavy (non-hydrogen) atoms. The lowest BCUT2D eigenvalue weighted by atomic mass is 10.1. The summed E-state index contributed by atoms with van der Waals surface area (Å²) >= 11 is 6.28. The molecule has 0 radical (unpaired) electrons. The number of para-hydroxylation sites is 2. The predicted molar refractivity (Wildman–Crippen MR) is 84.1 cm³/mol. The van der Waals surface area contributed by atoms with Crippen LogP contribution in [0.1, 0.15) is 23.7 Å². The maximum atomic E-state index is 6.28. The normalized spacial score (nSPS) is 12.7. The Morgan fingerprint density at radius 3 is 2.50 bits per heavy atom. The highest BCUT2D eigenvalue weighted by Crippen LogP contribution is 2.24. The lowest BCUT2D eigenvalue weighted by Crippen LogP contribution is -2.06. The van der Waals surface area contributed by atoms with Crippen molar-refractivity contribution >= 4 is 22.6 Å². The Morgan fingerprint density at radius 2 is 1.75 bits per heavy atom. The highest BCUT2D eigenvalue weighted by molar-refractivity contribution is 6.20. The second kappa shape index (κ2) is 5.68. The molecule has 0 amide bonds. The fourth-order valence-electron chi connectivity index (χ4n) is 2.52. The summed E-state index contributed by atoms with van der Waals surface area (Å²) in [5.41, 5.74) is 3.51. The zero-order valence-electron chi connectivity index (χ0n) is 11.5. The van der Waals surface area contributed by atoms with Crippen molar-refractivity contribution in [2.75, 3.05) is 0 Å². The van der Waals surface area contributed by atoms with E-state index in [2.05, 4.69) is 39.9 Å². The Kier molecular flexibility index (Phi) is 3.75. The molecule has 0 aliphatic heterocycles. The second-order valence-corrected chi connectivity index (χ2v) is 5.62. The third-order valence-corrected chi connectivity index (χ3v) is 3.70. The molecule has 1 atom stereocenters. The van der Waals surface area contributed by atoms with Crippen molar-refractivity contribution < 1.29 is 0 Å². The van der Waals surface area contributed by atoms with Gasteiger partial charge in [0.15, 0.2) is 0 Å². The predicted octanol–water partition coefficient (Wildman–Crippen LogP) is 4.58. The second-order valence-electron chi connectivity index (χ2n) is 4.96. The summed E-state index contributed by atoms with van der Waals surface area (Å²) in [6, 6.07) is 18.7. The van der Waals surface area contributed by atoms with E-state index in [9.17, 15) is 0 Å². The molecule has 2 aromatic carbocycles. The molecule has 0 spiro atoms. The molecule has 2 nitrogen and oxygen atoms in total. The van der Waals surface area contributed by atoms with Crippen molar-refractivity contribution in [3.8, 4) is 0 Å². The van der Waals surface area contributed by atoms with E-state index in [1.807, 2.05) is 31.2 Å². The SMILES string of the molecule is CC(Cl)c1nc2ccccc2n1CCc1ccccc1. The number of alkyl halides is 1. The van der Waals surface area contributed by atoms with Gasteiger partial charge >= 0.3 is 0 Å². The zero-order chi connectivity index (χ0) is 13.9. The van der Waals surface area contributed by atoms with E-state index in [0.29, 0.717) is 0 Å². The molecule has 1 aromatic heterocycles. The molecule has 0 aliphatic rings. The van der Waals surface area contributed by atoms with Crippen molar-refractivity contribution in [2.45, 2.75) is 25.3 Å². The Hall–Kier alpha value is -1.80. The molecule has 3 aromatic rings. The van der Waals surface area contributed by atoms with E-state index in [1.54, 1.807) is 0 Å². The lowest BCUT2D eigenvalue weighted by molar-refractivity contribution is 0.668. The van der Waals surface area contributed by atoms with E-state index < -0.39 is 0 Å². The first kappa shape index (κ1) is 13.2. The van der Waals surface area contributed by atoms with Crippen molar-refractivity contribution in [3.05, 3.63) is 66.0 Å². The highest BCUT2D eigenvalue weighted by atomic mass is 35.5. The molecule has 0 N–H and O–H groups in total. The van der Waals surface area contributed by atoms with Crippen LogP contribution in [-0.4, -0.2) is 9.55 Å². The number of aromatic nitrogens is 2. The van der Waals surface area contributed by atoms with E-state index in [4.69, 9.17) is 11.6 Å². The van der Waals surface area contributed by atoms with Crippen molar-refractivity contribution in [1.82, 2.24) is 9.55 Å². The summed E-state index contributed by atoms with van der Waals surface area (Å²) in [6.45, 7) is 2.87. The van der Waals surface area contributed by atoms with Gasteiger partial charge in [-0.2, -0.15) is 0 Å². The van der Waals surface area contributed by atoms with Gasteiger partial charge in [0.25, 0.3) is 0 Å². The minimum Gasteiger partial charge on any atom is -0.326 e. The maximum absolute atomic E-state index is 6.28. The molecule has 0 saturated heterocycles. The van der Waals surface area contributed by atoms with Gasteiger partial charge in [-0.05, 0) is 31.0 Å². The summed E-state index contributed by atoms with van der Waals surface area (Å²) in [5.74, 6) is 0.948. The molecule has 0 saturated carbocycles. The quantitative estimate of drug-likeness (QED) is 0.641. The maximum Gasteiger partial charge on any atom is 0.127 e. The molecule has 3 heteroatoms. The van der Waals surface area contributed by atoms with Crippen LogP contribution in [-0.2, 0) is 13.0 Å². The summed E-state index contributed by atoms with van der Waals surface area (Å²) in [7, 11) is 0. The molecule has 102 valence electrons. The van der Waals surface area contributed by atoms with Gasteiger partial charge in [0.1, 0.15) is 5.82 Å². The van der Waals surface area contributed by atoms with Crippen LogP contribution in [0.5, 0.6) is 0 Å². The van der Waals surface area contributed by atoms with E-state index >= 15 is 0 Å². The van der Waals surface area contributed by atoms with E-state index in [1.165, 1.54) is 5.56 Å². The Labute approximate surface area is 124 Å². The van der Waals surface area contributed by atoms with Crippen LogP contribution in [0.4, 0.5) is 0 Å². The molecule has 1 unspecified atom stereocenters. The molecule has 0 aliphatic carbocycles. The zero-order valence-corrected chi connectivity index (χ0v) is 12.2. The van der Waals surface area contributed by atoms with Crippen LogP contribution >= 0.6 is 11.6 Å². The molecule has 0 fully saturated rings. The van der Waals surface area contributed by atoms with Gasteiger partial charge in [-0.25, -0.2) is 4.98 Å². The van der Waals surface area contributed by atoms with Crippen molar-refractivity contribution in [3.63, 3.8) is 0 Å². The van der Waals surface area contributed by atoms with Gasteiger partial charge in [0, 0.05) is 6.54 Å². The third kappa shape index (κ3) is 2.56. The largest absolute Gasteiger partial charge is 0.326 e. The Bertz CT molecular complexity index is 701. The average Bonchev–Trinajstić information content (AvgIpc) is 2.85. The summed E-state index contributed by atoms with van der Waals surface area (Å²) in [6.07, 6.45) is 0.984. The van der Waals surface area contributed by atoms with E-state index in [0.717, 1.165) is 29.8 Å². The van der Waals surface area contributed by atoms with Crippen molar-refractivity contribution in [2.24, 2.45) is 0 Å². The number of halogens is 1. The fourth-order valence-corrected chi connectivity index (χ4v) is 2.68. The molecule has 0 bridgehead atoms. The minimum absolute atomic E-state index is 0.0850. The number of nitrogens with zero attached hydrogens (tertiary/aromatic N) is 2. The van der Waals surface area contributed by atoms with Gasteiger partial charge < -0.3 is 4.57 Å². The third-order valence-electron chi connectivity index (χ3n) is 3.51. The first-order chi connectivity index (χ1) is 9.75. The highest BCUT2D eigenvalue weighted by Gasteiger charge is 2.14. The Balaban J connectivity index is 1.95. The molecular weight excluding hydrogens is 268 g/mol. The van der Waals surface area contributed by atoms with Crippen LogP contribution < -0.4 is 0 Å². The van der Waals surface area contributed by atoms with Crippen LogP contribution in [0.25, 0.3) is 11.0 Å². The van der Waals surface area contributed by atoms with Gasteiger partial charge in [-0.15, -0.1) is 11.6 Å². The molecular formula is C17H17ClN2. The van der Waals surface area contributed by atoms with Crippen LogP contribution in [0, 0.1) is 0 Å². The number of aryl methyl sites for hydroxylation is 2. The standard InChI is InChI=1S/C17H17ClN2/c1-13(18)17-19-15-9-5-6-10-16(15)20(17)12-11-14-7-3-2-4-8-14/h2-10,13H,11-12H2,1H3. The lowest BCUT2D eigenvalue weighted by Gasteiger charge is -2.10. The minimum atomic E-state index is -0.0850. The topological polar surface area (TPSA) is 17.8 Å². The number of hydrogen-bond acceptors (Lipinski definition) is 1. The average molecular weight is 285 g/mol. The number of fused-ring (bicyclic) bond motifs is 1. The van der Waals surface area contributed by atoms with Crippen LogP contribution in [0.2, 0.25) is 0 Å². The molecule has 1 heterocycles. The number of hydrogen-bond donors (Lipinski definition) is 0. The van der Waals surface area contributed by atoms with Crippen LogP contribution in [0.15, 0.2) is 54.6 Å². The molecule has 3 rings (SSSR count). The summed E-state index contributed by atoms with van der Waals surface area (Å²) in [4.78, 5) is 4.66. The summed E-state index contributed by atoms with van der Waals surface area (Å²) in [5, 5.41) is -0.0850. The number of imidazole rings is 1. The first-order valence-electron chi connectivity index (χ1n) is 6.89. The summed E-state index contributed by atoms with van der Waals surface area (Å²) < 4.78 is 2.24. The Morgan fingerprint density at radius 1 is 1.05 bits per heavy atom. The van der Waals surface area contributed by atoms with Crippen molar-refractivity contribution in [1.29, 1.82) is 0 Å². The van der Waals surface area contributed by atoms with E-state index in [-0.39, 0.29) is 5.38 Å². The van der Waals surface area contributed by atoms with Crippen LogP contribution in [0.3, 0.4) is 0 Å². The monoisotopic (exact) mass is 284 g/mol. The number of rotatable bonds is 4. The first-order valence-corrected chi connectivity index (χ1v) is 7.32. The van der Waals surface area contributed by atoms with Gasteiger partial charge in [0.2, 0.25) is 0 Å². The van der Waals surface area contributed by atoms with Gasteiger partial charge in [0.05, 0.1) is 16.4 Å². The smallest absolute Gasteiger partial charge is 0.127 e. The fraction of sp³-hybridized carbons (Fsp3) is 0.235. The number of benzene rings is 2. The van der Waals surface area contributed by atoms with Gasteiger partial charge in [-0.1, -0.05) is 42.5 Å². The van der Waals surface area contributed by atoms with Gasteiger partial charge in [-0.3, -0.25) is 0 Å².